The highest BCUT2D eigenvalue weighted by Gasteiger charge is 2.16. The van der Waals surface area contributed by atoms with Crippen LogP contribution in [0.5, 0.6) is 0 Å². The van der Waals surface area contributed by atoms with Gasteiger partial charge in [0, 0.05) is 16.9 Å². The van der Waals surface area contributed by atoms with Gasteiger partial charge in [0.15, 0.2) is 0 Å². The van der Waals surface area contributed by atoms with Gasteiger partial charge in [0.1, 0.15) is 11.9 Å². The summed E-state index contributed by atoms with van der Waals surface area (Å²) in [5.41, 5.74) is 4.53. The standard InChI is InChI=1S/C17H13N3/c1-2-12-5-3-7-15(9-12)19-17-14(11-18)10-13-6-4-8-16(13)20-17/h1,3,5,7,9-10H,4,6,8H2,(H,19,20). The van der Waals surface area contributed by atoms with Crippen molar-refractivity contribution in [1.82, 2.24) is 4.98 Å². The van der Waals surface area contributed by atoms with Crippen molar-refractivity contribution in [3.63, 3.8) is 0 Å². The Kier molecular flexibility index (Phi) is 3.11. The second kappa shape index (κ2) is 5.07. The van der Waals surface area contributed by atoms with Gasteiger partial charge in [-0.15, -0.1) is 6.42 Å². The number of nitrogens with one attached hydrogen (secondary N) is 1. The van der Waals surface area contributed by atoms with Gasteiger partial charge in [0.2, 0.25) is 0 Å². The molecule has 0 radical (unpaired) electrons. The van der Waals surface area contributed by atoms with Crippen LogP contribution in [-0.4, -0.2) is 4.98 Å². The minimum Gasteiger partial charge on any atom is -0.339 e. The number of aryl methyl sites for hydroxylation is 2. The number of terminal acetylenes is 1. The maximum absolute atomic E-state index is 9.27. The van der Waals surface area contributed by atoms with E-state index in [0.29, 0.717) is 11.4 Å². The monoisotopic (exact) mass is 259 g/mol. The minimum atomic E-state index is 0.580. The van der Waals surface area contributed by atoms with Gasteiger partial charge < -0.3 is 5.32 Å². The molecule has 0 atom stereocenters. The molecule has 0 spiro atoms. The van der Waals surface area contributed by atoms with Crippen molar-refractivity contribution >= 4 is 11.5 Å². The SMILES string of the molecule is C#Cc1cccc(Nc2nc3c(cc2C#N)CCC3)c1. The van der Waals surface area contributed by atoms with Gasteiger partial charge in [-0.25, -0.2) is 4.98 Å². The highest BCUT2D eigenvalue weighted by atomic mass is 15.0. The van der Waals surface area contributed by atoms with Crippen molar-refractivity contribution in [2.24, 2.45) is 0 Å². The predicted molar refractivity (Wildman–Crippen MR) is 78.6 cm³/mol. The molecule has 3 nitrogen and oxygen atoms in total. The van der Waals surface area contributed by atoms with E-state index >= 15 is 0 Å². The number of nitrogens with zero attached hydrogens (tertiary/aromatic N) is 2. The second-order valence-electron chi connectivity index (χ2n) is 4.81. The van der Waals surface area contributed by atoms with E-state index in [1.807, 2.05) is 30.3 Å². The molecule has 0 unspecified atom stereocenters. The van der Waals surface area contributed by atoms with E-state index in [4.69, 9.17) is 6.42 Å². The van der Waals surface area contributed by atoms with Gasteiger partial charge in [-0.1, -0.05) is 12.0 Å². The minimum absolute atomic E-state index is 0.580. The van der Waals surface area contributed by atoms with Gasteiger partial charge in [0.25, 0.3) is 0 Å². The average Bonchev–Trinajstić information content (AvgIpc) is 2.93. The molecular formula is C17H13N3. The maximum atomic E-state index is 9.27. The molecule has 0 bridgehead atoms. The third kappa shape index (κ3) is 2.22. The second-order valence-corrected chi connectivity index (χ2v) is 4.81. The number of fused-ring (bicyclic) bond motifs is 1. The molecule has 1 N–H and O–H groups in total. The lowest BCUT2D eigenvalue weighted by Gasteiger charge is -2.10. The molecule has 2 aromatic rings. The van der Waals surface area contributed by atoms with Gasteiger partial charge in [-0.2, -0.15) is 5.26 Å². The summed E-state index contributed by atoms with van der Waals surface area (Å²) in [7, 11) is 0. The van der Waals surface area contributed by atoms with Gasteiger partial charge in [-0.3, -0.25) is 0 Å². The first kappa shape index (κ1) is 12.3. The Morgan fingerprint density at radius 1 is 1.25 bits per heavy atom. The van der Waals surface area contributed by atoms with Crippen LogP contribution < -0.4 is 5.32 Å². The molecule has 0 amide bonds. The zero-order chi connectivity index (χ0) is 13.9. The Hall–Kier alpha value is -2.78. The normalized spacial score (nSPS) is 12.3. The molecule has 3 rings (SSSR count). The average molecular weight is 259 g/mol. The van der Waals surface area contributed by atoms with Crippen LogP contribution in [0.25, 0.3) is 0 Å². The largest absolute Gasteiger partial charge is 0.339 e. The van der Waals surface area contributed by atoms with Crippen LogP contribution in [0.15, 0.2) is 30.3 Å². The Bertz CT molecular complexity index is 748. The number of hydrogen-bond acceptors (Lipinski definition) is 3. The Morgan fingerprint density at radius 3 is 2.95 bits per heavy atom. The van der Waals surface area contributed by atoms with Crippen LogP contribution in [0.2, 0.25) is 0 Å². The summed E-state index contributed by atoms with van der Waals surface area (Å²) in [6.45, 7) is 0. The molecule has 1 aromatic heterocycles. The number of aromatic nitrogens is 1. The van der Waals surface area contributed by atoms with E-state index in [2.05, 4.69) is 22.3 Å². The fourth-order valence-corrected chi connectivity index (χ4v) is 2.48. The zero-order valence-corrected chi connectivity index (χ0v) is 11.0. The molecule has 20 heavy (non-hydrogen) atoms. The molecular weight excluding hydrogens is 246 g/mol. The highest BCUT2D eigenvalue weighted by Crippen LogP contribution is 2.27. The quantitative estimate of drug-likeness (QED) is 0.843. The number of rotatable bonds is 2. The fourth-order valence-electron chi connectivity index (χ4n) is 2.48. The molecule has 3 heteroatoms. The number of hydrogen-bond donors (Lipinski definition) is 1. The van der Waals surface area contributed by atoms with Crippen molar-refractivity contribution in [2.45, 2.75) is 19.3 Å². The summed E-state index contributed by atoms with van der Waals surface area (Å²) in [5, 5.41) is 12.5. The first-order valence-electron chi connectivity index (χ1n) is 6.57. The maximum Gasteiger partial charge on any atom is 0.148 e. The van der Waals surface area contributed by atoms with Crippen molar-refractivity contribution in [1.29, 1.82) is 5.26 Å². The summed E-state index contributed by atoms with van der Waals surface area (Å²) < 4.78 is 0. The van der Waals surface area contributed by atoms with E-state index in [-0.39, 0.29) is 0 Å². The van der Waals surface area contributed by atoms with E-state index in [1.165, 1.54) is 5.56 Å². The number of benzene rings is 1. The summed E-state index contributed by atoms with van der Waals surface area (Å²) in [5.74, 6) is 3.21. The first-order chi connectivity index (χ1) is 9.80. The first-order valence-corrected chi connectivity index (χ1v) is 6.57. The number of nitriles is 1. The van der Waals surface area contributed by atoms with Crippen molar-refractivity contribution < 1.29 is 0 Å². The van der Waals surface area contributed by atoms with Crippen LogP contribution >= 0.6 is 0 Å². The molecule has 1 aromatic carbocycles. The van der Waals surface area contributed by atoms with Crippen molar-refractivity contribution in [2.75, 3.05) is 5.32 Å². The van der Waals surface area contributed by atoms with Crippen LogP contribution in [0, 0.1) is 23.7 Å². The van der Waals surface area contributed by atoms with Crippen LogP contribution in [0.1, 0.15) is 28.8 Å². The molecule has 1 aliphatic carbocycles. The molecule has 0 saturated carbocycles. The Morgan fingerprint density at radius 2 is 2.15 bits per heavy atom. The summed E-state index contributed by atoms with van der Waals surface area (Å²) in [6, 6.07) is 11.7. The van der Waals surface area contributed by atoms with E-state index in [1.54, 1.807) is 0 Å². The summed E-state index contributed by atoms with van der Waals surface area (Å²) in [6.07, 6.45) is 8.51. The van der Waals surface area contributed by atoms with Crippen molar-refractivity contribution in [3.8, 4) is 18.4 Å². The van der Waals surface area contributed by atoms with E-state index in [0.717, 1.165) is 36.2 Å². The molecule has 0 fully saturated rings. The van der Waals surface area contributed by atoms with Gasteiger partial charge >= 0.3 is 0 Å². The predicted octanol–water partition coefficient (Wildman–Crippen LogP) is 3.17. The summed E-state index contributed by atoms with van der Waals surface area (Å²) in [4.78, 5) is 4.59. The molecule has 0 saturated heterocycles. The number of anilines is 2. The molecule has 1 heterocycles. The van der Waals surface area contributed by atoms with Crippen LogP contribution in [0.3, 0.4) is 0 Å². The Balaban J connectivity index is 1.98. The topological polar surface area (TPSA) is 48.7 Å². The summed E-state index contributed by atoms with van der Waals surface area (Å²) >= 11 is 0. The molecule has 96 valence electrons. The number of pyridine rings is 1. The zero-order valence-electron chi connectivity index (χ0n) is 11.0. The van der Waals surface area contributed by atoms with Crippen LogP contribution in [0.4, 0.5) is 11.5 Å². The van der Waals surface area contributed by atoms with E-state index in [9.17, 15) is 5.26 Å². The molecule has 1 aliphatic rings. The van der Waals surface area contributed by atoms with Crippen LogP contribution in [-0.2, 0) is 12.8 Å². The fraction of sp³-hybridized carbons (Fsp3) is 0.176. The highest BCUT2D eigenvalue weighted by molar-refractivity contribution is 5.65. The third-order valence-electron chi connectivity index (χ3n) is 3.46. The van der Waals surface area contributed by atoms with Crippen molar-refractivity contribution in [3.05, 3.63) is 52.7 Å². The molecule has 0 aliphatic heterocycles. The lowest BCUT2D eigenvalue weighted by Crippen LogP contribution is -2.01. The van der Waals surface area contributed by atoms with E-state index < -0.39 is 0 Å². The lowest BCUT2D eigenvalue weighted by molar-refractivity contribution is 0.900. The smallest absolute Gasteiger partial charge is 0.148 e. The van der Waals surface area contributed by atoms with Gasteiger partial charge in [-0.05, 0) is 49.1 Å². The Labute approximate surface area is 118 Å². The lowest BCUT2D eigenvalue weighted by atomic mass is 10.1. The third-order valence-corrected chi connectivity index (χ3v) is 3.46. The van der Waals surface area contributed by atoms with Gasteiger partial charge in [0.05, 0.1) is 5.56 Å².